The van der Waals surface area contributed by atoms with Crippen molar-refractivity contribution in [2.75, 3.05) is 46.8 Å². The van der Waals surface area contributed by atoms with Crippen molar-refractivity contribution < 1.29 is 9.59 Å². The fourth-order valence-corrected chi connectivity index (χ4v) is 4.10. The van der Waals surface area contributed by atoms with E-state index in [1.807, 2.05) is 23.9 Å². The van der Waals surface area contributed by atoms with Gasteiger partial charge in [-0.05, 0) is 26.9 Å². The molecule has 3 rings (SSSR count). The summed E-state index contributed by atoms with van der Waals surface area (Å²) in [6.45, 7) is 4.11. The molecule has 2 aliphatic heterocycles. The minimum Gasteiger partial charge on any atom is -0.341 e. The summed E-state index contributed by atoms with van der Waals surface area (Å²) in [5.74, 6) is -0.0629. The van der Waals surface area contributed by atoms with Crippen molar-refractivity contribution in [1.29, 1.82) is 0 Å². The van der Waals surface area contributed by atoms with E-state index in [2.05, 4.69) is 10.3 Å². The van der Waals surface area contributed by atoms with E-state index in [4.69, 9.17) is 0 Å². The molecule has 1 atom stereocenters. The highest BCUT2D eigenvalue weighted by molar-refractivity contribution is 7.09. The van der Waals surface area contributed by atoms with Crippen LogP contribution in [0.5, 0.6) is 0 Å². The third kappa shape index (κ3) is 3.76. The summed E-state index contributed by atoms with van der Waals surface area (Å²) in [6.07, 6.45) is 2.11. The lowest BCUT2D eigenvalue weighted by atomic mass is 10.1. The van der Waals surface area contributed by atoms with Crippen LogP contribution in [0.15, 0.2) is 5.38 Å². The van der Waals surface area contributed by atoms with E-state index >= 15 is 0 Å². The third-order valence-corrected chi connectivity index (χ3v) is 5.26. The summed E-state index contributed by atoms with van der Waals surface area (Å²) in [6, 6.07) is -0.414. The van der Waals surface area contributed by atoms with Gasteiger partial charge in [0.1, 0.15) is 16.7 Å². The van der Waals surface area contributed by atoms with E-state index in [0.29, 0.717) is 25.3 Å². The fraction of sp³-hybridized carbons (Fsp3) is 0.688. The molecule has 0 aromatic carbocycles. The van der Waals surface area contributed by atoms with Crippen molar-refractivity contribution in [3.05, 3.63) is 16.1 Å². The van der Waals surface area contributed by atoms with Gasteiger partial charge in [-0.15, -0.1) is 11.3 Å². The predicted octanol–water partition coefficient (Wildman–Crippen LogP) is 0.241. The SMILES string of the molecule is CN(C)Cc1nc(C(=O)N2CCNC[C@H]2C(=O)N2CCCC2)cs1. The quantitative estimate of drug-likeness (QED) is 0.842. The Morgan fingerprint density at radius 1 is 1.33 bits per heavy atom. The Morgan fingerprint density at radius 2 is 2.08 bits per heavy atom. The molecule has 7 nitrogen and oxygen atoms in total. The molecule has 8 heteroatoms. The average Bonchev–Trinajstić information content (AvgIpc) is 3.24. The maximum absolute atomic E-state index is 12.9. The topological polar surface area (TPSA) is 68.8 Å². The van der Waals surface area contributed by atoms with Crippen LogP contribution in [0.25, 0.3) is 0 Å². The molecule has 132 valence electrons. The Labute approximate surface area is 146 Å². The number of rotatable bonds is 4. The van der Waals surface area contributed by atoms with Gasteiger partial charge < -0.3 is 20.0 Å². The van der Waals surface area contributed by atoms with Crippen LogP contribution in [-0.4, -0.2) is 84.4 Å². The second kappa shape index (κ2) is 7.58. The highest BCUT2D eigenvalue weighted by Gasteiger charge is 2.36. The first kappa shape index (κ1) is 17.3. The van der Waals surface area contributed by atoms with Gasteiger partial charge in [0, 0.05) is 44.6 Å². The zero-order valence-electron chi connectivity index (χ0n) is 14.3. The fourth-order valence-electron chi connectivity index (χ4n) is 3.22. The maximum atomic E-state index is 12.9. The van der Waals surface area contributed by atoms with Crippen molar-refractivity contribution >= 4 is 23.2 Å². The summed E-state index contributed by atoms with van der Waals surface area (Å²) < 4.78 is 0. The van der Waals surface area contributed by atoms with Crippen molar-refractivity contribution in [3.63, 3.8) is 0 Å². The van der Waals surface area contributed by atoms with Crippen LogP contribution in [-0.2, 0) is 11.3 Å². The van der Waals surface area contributed by atoms with Crippen LogP contribution < -0.4 is 5.32 Å². The Hall–Kier alpha value is -1.51. The summed E-state index contributed by atoms with van der Waals surface area (Å²) in [4.78, 5) is 35.7. The predicted molar refractivity (Wildman–Crippen MR) is 93.0 cm³/mol. The molecule has 0 unspecified atom stereocenters. The minimum absolute atomic E-state index is 0.0665. The molecule has 0 spiro atoms. The largest absolute Gasteiger partial charge is 0.341 e. The van der Waals surface area contributed by atoms with Crippen LogP contribution >= 0.6 is 11.3 Å². The lowest BCUT2D eigenvalue weighted by molar-refractivity contribution is -0.135. The zero-order chi connectivity index (χ0) is 17.1. The van der Waals surface area contributed by atoms with Crippen molar-refractivity contribution in [2.45, 2.75) is 25.4 Å². The van der Waals surface area contributed by atoms with Crippen LogP contribution in [0.4, 0.5) is 0 Å². The van der Waals surface area contributed by atoms with Gasteiger partial charge in [-0.3, -0.25) is 9.59 Å². The Kier molecular flexibility index (Phi) is 5.47. The first-order valence-electron chi connectivity index (χ1n) is 8.46. The van der Waals surface area contributed by atoms with E-state index in [0.717, 1.165) is 37.5 Å². The van der Waals surface area contributed by atoms with Gasteiger partial charge in [0.25, 0.3) is 5.91 Å². The monoisotopic (exact) mass is 351 g/mol. The molecule has 1 aromatic heterocycles. The van der Waals surface area contributed by atoms with Gasteiger partial charge >= 0.3 is 0 Å². The number of hydrogen-bond donors (Lipinski definition) is 1. The minimum atomic E-state index is -0.414. The lowest BCUT2D eigenvalue weighted by Crippen LogP contribution is -2.60. The highest BCUT2D eigenvalue weighted by Crippen LogP contribution is 2.18. The molecular formula is C16H25N5O2S. The zero-order valence-corrected chi connectivity index (χ0v) is 15.1. The molecule has 0 aliphatic carbocycles. The lowest BCUT2D eigenvalue weighted by Gasteiger charge is -2.36. The van der Waals surface area contributed by atoms with E-state index in [9.17, 15) is 9.59 Å². The van der Waals surface area contributed by atoms with E-state index in [1.165, 1.54) is 11.3 Å². The smallest absolute Gasteiger partial charge is 0.274 e. The summed E-state index contributed by atoms with van der Waals surface area (Å²) in [5.41, 5.74) is 0.456. The number of amides is 2. The normalized spacial score (nSPS) is 21.5. The molecule has 1 N–H and O–H groups in total. The summed E-state index contributed by atoms with van der Waals surface area (Å²) in [7, 11) is 3.95. The van der Waals surface area contributed by atoms with Crippen molar-refractivity contribution in [3.8, 4) is 0 Å². The van der Waals surface area contributed by atoms with Crippen LogP contribution in [0.2, 0.25) is 0 Å². The highest BCUT2D eigenvalue weighted by atomic mass is 32.1. The van der Waals surface area contributed by atoms with E-state index < -0.39 is 6.04 Å². The molecular weight excluding hydrogens is 326 g/mol. The van der Waals surface area contributed by atoms with Gasteiger partial charge in [0.15, 0.2) is 0 Å². The number of nitrogens with one attached hydrogen (secondary N) is 1. The molecule has 0 bridgehead atoms. The van der Waals surface area contributed by atoms with Crippen LogP contribution in [0.1, 0.15) is 28.3 Å². The Balaban J connectivity index is 1.73. The number of carbonyl (C=O) groups excluding carboxylic acids is 2. The number of aromatic nitrogens is 1. The number of carbonyl (C=O) groups is 2. The molecule has 2 fully saturated rings. The first-order chi connectivity index (χ1) is 11.6. The molecule has 2 amide bonds. The molecule has 0 radical (unpaired) electrons. The number of piperazine rings is 1. The van der Waals surface area contributed by atoms with Gasteiger partial charge in [-0.25, -0.2) is 4.98 Å². The maximum Gasteiger partial charge on any atom is 0.274 e. The van der Waals surface area contributed by atoms with E-state index in [-0.39, 0.29) is 11.8 Å². The van der Waals surface area contributed by atoms with Gasteiger partial charge in [0.2, 0.25) is 5.91 Å². The standard InChI is InChI=1S/C16H25N5O2S/c1-19(2)10-14-18-12(11-24-14)15(22)21-8-5-17-9-13(21)16(23)20-6-3-4-7-20/h11,13,17H,3-10H2,1-2H3/t13-/m0/s1. The molecule has 2 aliphatic rings. The van der Waals surface area contributed by atoms with Crippen LogP contribution in [0.3, 0.4) is 0 Å². The Morgan fingerprint density at radius 3 is 2.79 bits per heavy atom. The molecule has 1 aromatic rings. The Bertz CT molecular complexity index is 597. The van der Waals surface area contributed by atoms with Crippen molar-refractivity contribution in [1.82, 2.24) is 25.0 Å². The van der Waals surface area contributed by atoms with Gasteiger partial charge in [-0.2, -0.15) is 0 Å². The average molecular weight is 351 g/mol. The number of hydrogen-bond acceptors (Lipinski definition) is 6. The number of nitrogens with zero attached hydrogens (tertiary/aromatic N) is 4. The number of thiazole rings is 1. The molecule has 0 saturated carbocycles. The van der Waals surface area contributed by atoms with Gasteiger partial charge in [0.05, 0.1) is 0 Å². The van der Waals surface area contributed by atoms with Crippen LogP contribution in [0, 0.1) is 0 Å². The number of likely N-dealkylation sites (tertiary alicyclic amines) is 1. The second-order valence-electron chi connectivity index (χ2n) is 6.62. The summed E-state index contributed by atoms with van der Waals surface area (Å²) >= 11 is 1.49. The van der Waals surface area contributed by atoms with Gasteiger partial charge in [-0.1, -0.05) is 0 Å². The first-order valence-corrected chi connectivity index (χ1v) is 9.34. The molecule has 24 heavy (non-hydrogen) atoms. The second-order valence-corrected chi connectivity index (χ2v) is 7.56. The molecule has 3 heterocycles. The van der Waals surface area contributed by atoms with Crippen molar-refractivity contribution in [2.24, 2.45) is 0 Å². The summed E-state index contributed by atoms with van der Waals surface area (Å²) in [5, 5.41) is 5.96. The third-order valence-electron chi connectivity index (χ3n) is 4.43. The molecule has 2 saturated heterocycles. The van der Waals surface area contributed by atoms with E-state index in [1.54, 1.807) is 10.3 Å².